The largest absolute Gasteiger partial charge is 0.351 e. The molecule has 24 heavy (non-hydrogen) atoms. The monoisotopic (exact) mass is 346 g/mol. The second kappa shape index (κ2) is 7.17. The predicted molar refractivity (Wildman–Crippen MR) is 94.3 cm³/mol. The molecular formula is C17H22N4O2S. The van der Waals surface area contributed by atoms with Crippen molar-refractivity contribution in [2.24, 2.45) is 5.92 Å². The zero-order valence-corrected chi connectivity index (χ0v) is 14.8. The van der Waals surface area contributed by atoms with E-state index in [9.17, 15) is 9.59 Å². The average molecular weight is 346 g/mol. The second-order valence-corrected chi connectivity index (χ2v) is 7.27. The Labute approximate surface area is 145 Å². The fourth-order valence-electron chi connectivity index (χ4n) is 2.52. The summed E-state index contributed by atoms with van der Waals surface area (Å²) >= 11 is 1.31. The molecule has 2 amide bonds. The van der Waals surface area contributed by atoms with Gasteiger partial charge in [0.1, 0.15) is 0 Å². The Bertz CT molecular complexity index is 746. The van der Waals surface area contributed by atoms with E-state index in [-0.39, 0.29) is 17.7 Å². The molecule has 7 heteroatoms. The Hall–Kier alpha value is -2.15. The second-order valence-electron chi connectivity index (χ2n) is 6.19. The highest BCUT2D eigenvalue weighted by molar-refractivity contribution is 7.18. The zero-order chi connectivity index (χ0) is 17.1. The lowest BCUT2D eigenvalue weighted by molar-refractivity contribution is -0.117. The molecule has 0 radical (unpaired) electrons. The van der Waals surface area contributed by atoms with Crippen LogP contribution in [0.15, 0.2) is 18.2 Å². The summed E-state index contributed by atoms with van der Waals surface area (Å²) in [5, 5.41) is 10.9. The van der Waals surface area contributed by atoms with Crippen molar-refractivity contribution in [1.82, 2.24) is 15.1 Å². The molecule has 0 saturated heterocycles. The quantitative estimate of drug-likeness (QED) is 0.757. The van der Waals surface area contributed by atoms with E-state index in [4.69, 9.17) is 0 Å². The van der Waals surface area contributed by atoms with E-state index in [0.29, 0.717) is 11.4 Å². The van der Waals surface area contributed by atoms with E-state index < -0.39 is 0 Å². The standard InChI is InChI=1S/C17H22N4O2S/c1-11-10-12(2)21(20-11)9-3-8-18-17(23)14-6-7-15(24-14)19-16(22)13-4-5-13/h6-7,10,13H,3-5,8-9H2,1-2H3,(H,18,23)(H,19,22). The van der Waals surface area contributed by atoms with E-state index in [1.165, 1.54) is 11.3 Å². The molecule has 0 unspecified atom stereocenters. The molecule has 0 aromatic carbocycles. The minimum Gasteiger partial charge on any atom is -0.351 e. The number of rotatable bonds is 7. The summed E-state index contributed by atoms with van der Waals surface area (Å²) in [5.41, 5.74) is 2.14. The number of carbonyl (C=O) groups excluding carboxylic acids is 2. The van der Waals surface area contributed by atoms with Crippen LogP contribution in [0.25, 0.3) is 0 Å². The van der Waals surface area contributed by atoms with Gasteiger partial charge in [0.15, 0.2) is 0 Å². The third kappa shape index (κ3) is 4.23. The lowest BCUT2D eigenvalue weighted by Gasteiger charge is -2.05. The first-order valence-corrected chi connectivity index (χ1v) is 9.04. The fourth-order valence-corrected chi connectivity index (χ4v) is 3.34. The molecule has 2 aromatic heterocycles. The Balaban J connectivity index is 1.42. The van der Waals surface area contributed by atoms with Gasteiger partial charge in [-0.25, -0.2) is 0 Å². The highest BCUT2D eigenvalue weighted by Crippen LogP contribution is 2.31. The molecule has 1 fully saturated rings. The van der Waals surface area contributed by atoms with E-state index in [2.05, 4.69) is 15.7 Å². The molecule has 2 aromatic rings. The Kier molecular flexibility index (Phi) is 4.99. The maximum absolute atomic E-state index is 12.1. The number of aryl methyl sites for hydroxylation is 3. The molecule has 3 rings (SSSR count). The van der Waals surface area contributed by atoms with E-state index in [1.54, 1.807) is 12.1 Å². The molecule has 0 spiro atoms. The lowest BCUT2D eigenvalue weighted by atomic mass is 10.3. The summed E-state index contributed by atoms with van der Waals surface area (Å²) in [6, 6.07) is 5.58. The summed E-state index contributed by atoms with van der Waals surface area (Å²) in [6.07, 6.45) is 2.77. The topological polar surface area (TPSA) is 76.0 Å². The molecule has 6 nitrogen and oxygen atoms in total. The third-order valence-corrected chi connectivity index (χ3v) is 4.96. The van der Waals surface area contributed by atoms with Crippen LogP contribution in [0.4, 0.5) is 5.00 Å². The van der Waals surface area contributed by atoms with Crippen LogP contribution in [-0.2, 0) is 11.3 Å². The summed E-state index contributed by atoms with van der Waals surface area (Å²) < 4.78 is 1.96. The number of anilines is 1. The van der Waals surface area contributed by atoms with Gasteiger partial charge in [-0.3, -0.25) is 14.3 Å². The van der Waals surface area contributed by atoms with Gasteiger partial charge in [0.05, 0.1) is 15.6 Å². The number of nitrogens with one attached hydrogen (secondary N) is 2. The average Bonchev–Trinajstić information content (AvgIpc) is 3.21. The van der Waals surface area contributed by atoms with Gasteiger partial charge < -0.3 is 10.6 Å². The number of carbonyl (C=O) groups is 2. The zero-order valence-electron chi connectivity index (χ0n) is 14.0. The van der Waals surface area contributed by atoms with Crippen molar-refractivity contribution in [2.45, 2.75) is 39.7 Å². The summed E-state index contributed by atoms with van der Waals surface area (Å²) in [5.74, 6) is 0.132. The summed E-state index contributed by atoms with van der Waals surface area (Å²) in [4.78, 5) is 24.5. The first-order chi connectivity index (χ1) is 11.5. The van der Waals surface area contributed by atoms with Crippen molar-refractivity contribution in [3.8, 4) is 0 Å². The van der Waals surface area contributed by atoms with Crippen LogP contribution in [0, 0.1) is 19.8 Å². The Morgan fingerprint density at radius 2 is 2.12 bits per heavy atom. The Morgan fingerprint density at radius 3 is 2.79 bits per heavy atom. The number of thiophene rings is 1. The van der Waals surface area contributed by atoms with Crippen molar-refractivity contribution in [3.63, 3.8) is 0 Å². The molecule has 1 aliphatic rings. The first kappa shape index (κ1) is 16.7. The van der Waals surface area contributed by atoms with Gasteiger partial charge >= 0.3 is 0 Å². The van der Waals surface area contributed by atoms with Crippen LogP contribution < -0.4 is 10.6 Å². The minimum atomic E-state index is -0.0970. The normalized spacial score (nSPS) is 13.8. The highest BCUT2D eigenvalue weighted by Gasteiger charge is 2.29. The fraction of sp³-hybridized carbons (Fsp3) is 0.471. The first-order valence-electron chi connectivity index (χ1n) is 8.23. The number of amides is 2. The van der Waals surface area contributed by atoms with Crippen LogP contribution in [-0.4, -0.2) is 28.1 Å². The number of hydrogen-bond acceptors (Lipinski definition) is 4. The SMILES string of the molecule is Cc1cc(C)n(CCCNC(=O)c2ccc(NC(=O)C3CC3)s2)n1. The summed E-state index contributed by atoms with van der Waals surface area (Å²) in [7, 11) is 0. The van der Waals surface area contributed by atoms with Gasteiger partial charge in [0, 0.05) is 24.7 Å². The van der Waals surface area contributed by atoms with E-state index in [1.807, 2.05) is 24.6 Å². The van der Waals surface area contributed by atoms with Gasteiger partial charge in [-0.1, -0.05) is 0 Å². The molecule has 128 valence electrons. The van der Waals surface area contributed by atoms with Crippen molar-refractivity contribution in [1.29, 1.82) is 0 Å². The maximum atomic E-state index is 12.1. The van der Waals surface area contributed by atoms with Crippen molar-refractivity contribution >= 4 is 28.2 Å². The van der Waals surface area contributed by atoms with Gasteiger partial charge in [-0.2, -0.15) is 5.10 Å². The molecule has 0 bridgehead atoms. The van der Waals surface area contributed by atoms with Crippen molar-refractivity contribution in [2.75, 3.05) is 11.9 Å². The predicted octanol–water partition coefficient (Wildman–Crippen LogP) is 2.73. The lowest BCUT2D eigenvalue weighted by Crippen LogP contribution is -2.24. The van der Waals surface area contributed by atoms with Gasteiger partial charge in [-0.05, 0) is 51.3 Å². The van der Waals surface area contributed by atoms with Gasteiger partial charge in [-0.15, -0.1) is 11.3 Å². The molecule has 1 saturated carbocycles. The van der Waals surface area contributed by atoms with E-state index in [0.717, 1.165) is 42.2 Å². The van der Waals surface area contributed by atoms with Gasteiger partial charge in [0.25, 0.3) is 5.91 Å². The smallest absolute Gasteiger partial charge is 0.261 e. The number of nitrogens with zero attached hydrogens (tertiary/aromatic N) is 2. The van der Waals surface area contributed by atoms with Crippen molar-refractivity contribution in [3.05, 3.63) is 34.5 Å². The third-order valence-electron chi connectivity index (χ3n) is 3.96. The molecule has 2 N–H and O–H groups in total. The molecule has 0 aliphatic heterocycles. The molecule has 0 atom stereocenters. The van der Waals surface area contributed by atoms with Crippen LogP contribution in [0.5, 0.6) is 0 Å². The maximum Gasteiger partial charge on any atom is 0.261 e. The van der Waals surface area contributed by atoms with Crippen LogP contribution >= 0.6 is 11.3 Å². The van der Waals surface area contributed by atoms with Gasteiger partial charge in [0.2, 0.25) is 5.91 Å². The Morgan fingerprint density at radius 1 is 1.33 bits per heavy atom. The van der Waals surface area contributed by atoms with Crippen LogP contribution in [0.3, 0.4) is 0 Å². The number of hydrogen-bond donors (Lipinski definition) is 2. The van der Waals surface area contributed by atoms with Crippen molar-refractivity contribution < 1.29 is 9.59 Å². The van der Waals surface area contributed by atoms with E-state index >= 15 is 0 Å². The highest BCUT2D eigenvalue weighted by atomic mass is 32.1. The molecule has 1 aliphatic carbocycles. The molecule has 2 heterocycles. The number of aromatic nitrogens is 2. The molecular weight excluding hydrogens is 324 g/mol. The van der Waals surface area contributed by atoms with Crippen LogP contribution in [0.2, 0.25) is 0 Å². The van der Waals surface area contributed by atoms with Crippen LogP contribution in [0.1, 0.15) is 40.3 Å². The minimum absolute atomic E-state index is 0.0636. The summed E-state index contributed by atoms with van der Waals surface area (Å²) in [6.45, 7) is 5.38.